The van der Waals surface area contributed by atoms with Crippen LogP contribution in [-0.4, -0.2) is 4.98 Å². The van der Waals surface area contributed by atoms with Gasteiger partial charge >= 0.3 is 58.2 Å². The van der Waals surface area contributed by atoms with Gasteiger partial charge in [0.05, 0.1) is 0 Å². The number of aryl methyl sites for hydroxylation is 1. The molecule has 0 aliphatic carbocycles. The minimum atomic E-state index is 0. The normalized spacial score (nSPS) is 6.56. The van der Waals surface area contributed by atoms with Crippen molar-refractivity contribution in [3.8, 4) is 0 Å². The summed E-state index contributed by atoms with van der Waals surface area (Å²) in [7, 11) is 0. The molecule has 0 spiro atoms. The number of rotatable bonds is 0. The van der Waals surface area contributed by atoms with Crippen molar-refractivity contribution in [3.63, 3.8) is 0 Å². The van der Waals surface area contributed by atoms with Gasteiger partial charge in [-0.3, -0.25) is 0 Å². The summed E-state index contributed by atoms with van der Waals surface area (Å²) in [6, 6.07) is 0. The zero-order valence-electron chi connectivity index (χ0n) is 6.55. The third kappa shape index (κ3) is 6.91. The standard InChI is InChI=1S/C4H5N2.C2H6.Rb/c1-4-2-5-3-6-4;1-2;/h2-3H,1H3;1-2H3;/q-1;;+1. The molecule has 1 rings (SSSR count). The molecule has 0 unspecified atom stereocenters. The number of hydrogen-bond acceptors (Lipinski definition) is 1. The molecule has 0 amide bonds. The zero-order chi connectivity index (χ0) is 6.41. The number of hydrogen-bond donors (Lipinski definition) is 0. The number of nitrogens with zero attached hydrogens (tertiary/aromatic N) is 2. The van der Waals surface area contributed by atoms with Crippen LogP contribution in [0, 0.1) is 6.92 Å². The van der Waals surface area contributed by atoms with E-state index in [9.17, 15) is 0 Å². The molecule has 0 aliphatic rings. The molecule has 0 saturated carbocycles. The summed E-state index contributed by atoms with van der Waals surface area (Å²) in [4.78, 5) is 7.52. The van der Waals surface area contributed by atoms with Crippen LogP contribution in [0.1, 0.15) is 19.5 Å². The van der Waals surface area contributed by atoms with Crippen molar-refractivity contribution < 1.29 is 58.2 Å². The summed E-state index contributed by atoms with van der Waals surface area (Å²) in [6.07, 6.45) is 3.26. The first-order chi connectivity index (χ1) is 3.89. The molecule has 1 aromatic rings. The smallest absolute Gasteiger partial charge is 0.450 e. The van der Waals surface area contributed by atoms with Crippen molar-refractivity contribution in [1.82, 2.24) is 9.97 Å². The van der Waals surface area contributed by atoms with Gasteiger partial charge < -0.3 is 9.97 Å². The molecule has 0 aliphatic heterocycles. The Morgan fingerprint density at radius 2 is 2.00 bits per heavy atom. The van der Waals surface area contributed by atoms with Crippen LogP contribution in [0.15, 0.2) is 12.5 Å². The summed E-state index contributed by atoms with van der Waals surface area (Å²) in [5.41, 5.74) is 0.981. The van der Waals surface area contributed by atoms with Crippen LogP contribution in [0.2, 0.25) is 0 Å². The molecule has 2 nitrogen and oxygen atoms in total. The van der Waals surface area contributed by atoms with E-state index in [2.05, 4.69) is 9.97 Å². The minimum Gasteiger partial charge on any atom is -0.450 e. The van der Waals surface area contributed by atoms with Crippen molar-refractivity contribution in [2.75, 3.05) is 0 Å². The van der Waals surface area contributed by atoms with E-state index < -0.39 is 0 Å². The van der Waals surface area contributed by atoms with E-state index in [1.165, 1.54) is 6.33 Å². The first-order valence-corrected chi connectivity index (χ1v) is 2.79. The summed E-state index contributed by atoms with van der Waals surface area (Å²) < 4.78 is 0. The monoisotopic (exact) mass is 196 g/mol. The van der Waals surface area contributed by atoms with Gasteiger partial charge in [0.1, 0.15) is 0 Å². The van der Waals surface area contributed by atoms with Crippen molar-refractivity contribution in [1.29, 1.82) is 0 Å². The summed E-state index contributed by atoms with van der Waals surface area (Å²) >= 11 is 0. The predicted molar refractivity (Wildman–Crippen MR) is 33.6 cm³/mol. The molecule has 1 aromatic heterocycles. The summed E-state index contributed by atoms with van der Waals surface area (Å²) in [5, 5.41) is 0. The van der Waals surface area contributed by atoms with E-state index in [1.807, 2.05) is 20.8 Å². The third-order valence-corrected chi connectivity index (χ3v) is 0.589. The molecule has 0 bridgehead atoms. The van der Waals surface area contributed by atoms with E-state index in [0.717, 1.165) is 5.69 Å². The van der Waals surface area contributed by atoms with Crippen LogP contribution in [0.5, 0.6) is 0 Å². The molecule has 0 saturated heterocycles. The van der Waals surface area contributed by atoms with Crippen LogP contribution < -0.4 is 63.2 Å². The number of imidazole rings is 1. The van der Waals surface area contributed by atoms with Crippen molar-refractivity contribution in [2.24, 2.45) is 0 Å². The van der Waals surface area contributed by atoms with Gasteiger partial charge in [0.2, 0.25) is 0 Å². The Balaban J connectivity index is 0. The van der Waals surface area contributed by atoms with Crippen LogP contribution in [0.3, 0.4) is 0 Å². The topological polar surface area (TPSA) is 27.0 Å². The molecular formula is C6H11N2Rb. The largest absolute Gasteiger partial charge is 1.00 e. The minimum absolute atomic E-state index is 0. The fourth-order valence-electron chi connectivity index (χ4n) is 0.299. The van der Waals surface area contributed by atoms with Crippen molar-refractivity contribution in [3.05, 3.63) is 18.2 Å². The van der Waals surface area contributed by atoms with E-state index in [1.54, 1.807) is 6.20 Å². The zero-order valence-corrected chi connectivity index (χ0v) is 11.5. The summed E-state index contributed by atoms with van der Waals surface area (Å²) in [6.45, 7) is 5.91. The van der Waals surface area contributed by atoms with Crippen LogP contribution >= 0.6 is 0 Å². The van der Waals surface area contributed by atoms with Gasteiger partial charge in [-0.2, -0.15) is 0 Å². The van der Waals surface area contributed by atoms with Gasteiger partial charge in [-0.1, -0.05) is 32.1 Å². The van der Waals surface area contributed by atoms with Gasteiger partial charge in [0.15, 0.2) is 0 Å². The fraction of sp³-hybridized carbons (Fsp3) is 0.500. The van der Waals surface area contributed by atoms with Crippen molar-refractivity contribution in [2.45, 2.75) is 20.8 Å². The second-order valence-corrected chi connectivity index (χ2v) is 1.16. The van der Waals surface area contributed by atoms with Crippen LogP contribution in [0.25, 0.3) is 0 Å². The van der Waals surface area contributed by atoms with Crippen LogP contribution in [-0.2, 0) is 0 Å². The van der Waals surface area contributed by atoms with E-state index in [4.69, 9.17) is 0 Å². The van der Waals surface area contributed by atoms with Gasteiger partial charge in [-0.25, -0.2) is 0 Å². The predicted octanol–water partition coefficient (Wildman–Crippen LogP) is -1.62. The quantitative estimate of drug-likeness (QED) is 0.499. The molecule has 1 heterocycles. The van der Waals surface area contributed by atoms with Gasteiger partial charge in [-0.15, -0.1) is 0 Å². The molecule has 0 fully saturated rings. The maximum Gasteiger partial charge on any atom is 1.00 e. The Morgan fingerprint density at radius 3 is 2.11 bits per heavy atom. The Bertz CT molecular complexity index is 115. The second-order valence-electron chi connectivity index (χ2n) is 1.16. The average molecular weight is 197 g/mol. The number of aromatic nitrogens is 2. The fourth-order valence-corrected chi connectivity index (χ4v) is 0.299. The summed E-state index contributed by atoms with van der Waals surface area (Å²) in [5.74, 6) is 0. The molecule has 0 aromatic carbocycles. The molecule has 9 heavy (non-hydrogen) atoms. The Hall–Kier alpha value is 1.02. The average Bonchev–Trinajstić information content (AvgIpc) is 2.24. The van der Waals surface area contributed by atoms with Gasteiger partial charge in [0.25, 0.3) is 0 Å². The Morgan fingerprint density at radius 1 is 1.44 bits per heavy atom. The maximum absolute atomic E-state index is 3.81. The Labute approximate surface area is 105 Å². The first kappa shape index (κ1) is 12.7. The van der Waals surface area contributed by atoms with Gasteiger partial charge in [0, 0.05) is 0 Å². The molecular weight excluding hydrogens is 186 g/mol. The first-order valence-electron chi connectivity index (χ1n) is 2.79. The molecule has 3 heteroatoms. The van der Waals surface area contributed by atoms with Crippen LogP contribution in [0.4, 0.5) is 0 Å². The molecule has 0 atom stereocenters. The van der Waals surface area contributed by atoms with E-state index in [-0.39, 0.29) is 58.2 Å². The Kier molecular flexibility index (Phi) is 12.7. The SMILES string of the molecule is CC.Cc1cnc[n-]1.[Rb+]. The van der Waals surface area contributed by atoms with Crippen molar-refractivity contribution >= 4 is 0 Å². The molecule has 46 valence electrons. The van der Waals surface area contributed by atoms with E-state index >= 15 is 0 Å². The molecule has 0 radical (unpaired) electrons. The molecule has 0 N–H and O–H groups in total. The second kappa shape index (κ2) is 9.02. The maximum atomic E-state index is 3.81. The van der Waals surface area contributed by atoms with E-state index in [0.29, 0.717) is 0 Å². The third-order valence-electron chi connectivity index (χ3n) is 0.589. The van der Waals surface area contributed by atoms with Gasteiger partial charge in [-0.05, 0) is 6.92 Å².